The van der Waals surface area contributed by atoms with Gasteiger partial charge in [-0.1, -0.05) is 24.6 Å². The third-order valence-corrected chi connectivity index (χ3v) is 6.49. The second kappa shape index (κ2) is 8.06. The average Bonchev–Trinajstić information content (AvgIpc) is 3.19. The van der Waals surface area contributed by atoms with Crippen molar-refractivity contribution in [3.05, 3.63) is 42.2 Å². The Morgan fingerprint density at radius 3 is 2.83 bits per heavy atom. The van der Waals surface area contributed by atoms with E-state index in [1.54, 1.807) is 12.5 Å². The van der Waals surface area contributed by atoms with Crippen molar-refractivity contribution in [2.75, 3.05) is 11.1 Å². The zero-order valence-corrected chi connectivity index (χ0v) is 17.0. The van der Waals surface area contributed by atoms with Gasteiger partial charge in [0, 0.05) is 12.0 Å². The summed E-state index contributed by atoms with van der Waals surface area (Å²) in [5.74, 6) is 3.31. The van der Waals surface area contributed by atoms with Crippen molar-refractivity contribution in [2.24, 2.45) is 0 Å². The number of rotatable bonds is 8. The number of carbonyl (C=O) groups is 1. The molecule has 1 amide bonds. The molecule has 0 aromatic carbocycles. The van der Waals surface area contributed by atoms with Gasteiger partial charge in [-0.05, 0) is 37.8 Å². The summed E-state index contributed by atoms with van der Waals surface area (Å²) < 4.78 is 9.54. The highest BCUT2D eigenvalue weighted by Gasteiger charge is 2.31. The Hall–Kier alpha value is -2.55. The SMILES string of the molecule is O=C(CSc1nnc(C2CC2)n1Cc1ccco1)Nc1ccnn1C1CCCC1. The minimum absolute atomic E-state index is 0.0599. The van der Waals surface area contributed by atoms with Crippen LogP contribution in [0.1, 0.15) is 62.1 Å². The van der Waals surface area contributed by atoms with Crippen molar-refractivity contribution < 1.29 is 9.21 Å². The lowest BCUT2D eigenvalue weighted by Gasteiger charge is -2.14. The Morgan fingerprint density at radius 2 is 2.07 bits per heavy atom. The Labute approximate surface area is 173 Å². The lowest BCUT2D eigenvalue weighted by Crippen LogP contribution is -2.19. The maximum Gasteiger partial charge on any atom is 0.235 e. The van der Waals surface area contributed by atoms with Crippen LogP contribution in [-0.2, 0) is 11.3 Å². The van der Waals surface area contributed by atoms with Crippen molar-refractivity contribution in [3.8, 4) is 0 Å². The number of thioether (sulfide) groups is 1. The summed E-state index contributed by atoms with van der Waals surface area (Å²) in [6, 6.07) is 6.09. The molecule has 2 aliphatic carbocycles. The van der Waals surface area contributed by atoms with Gasteiger partial charge in [0.25, 0.3) is 0 Å². The van der Waals surface area contributed by atoms with E-state index in [0.717, 1.165) is 48.2 Å². The number of hydrogen-bond acceptors (Lipinski definition) is 6. The Kier molecular flexibility index (Phi) is 5.13. The standard InChI is InChI=1S/C20H24N6O2S/c27-18(22-17-9-10-21-26(17)15-4-1-2-5-15)13-29-20-24-23-19(14-7-8-14)25(20)12-16-6-3-11-28-16/h3,6,9-11,14-15H,1-2,4-5,7-8,12-13H2,(H,22,27). The van der Waals surface area contributed by atoms with Crippen LogP contribution < -0.4 is 5.32 Å². The van der Waals surface area contributed by atoms with Crippen LogP contribution in [0.5, 0.6) is 0 Å². The maximum atomic E-state index is 12.6. The number of nitrogens with zero attached hydrogens (tertiary/aromatic N) is 5. The van der Waals surface area contributed by atoms with Crippen LogP contribution in [0.3, 0.4) is 0 Å². The lowest BCUT2D eigenvalue weighted by atomic mass is 10.2. The van der Waals surface area contributed by atoms with Crippen LogP contribution >= 0.6 is 11.8 Å². The summed E-state index contributed by atoms with van der Waals surface area (Å²) in [7, 11) is 0. The molecule has 29 heavy (non-hydrogen) atoms. The molecule has 0 saturated heterocycles. The van der Waals surface area contributed by atoms with Crippen LogP contribution in [0.15, 0.2) is 40.2 Å². The fourth-order valence-electron chi connectivity index (χ4n) is 3.92. The molecule has 5 rings (SSSR count). The van der Waals surface area contributed by atoms with Gasteiger partial charge in [-0.2, -0.15) is 5.10 Å². The van der Waals surface area contributed by atoms with Gasteiger partial charge in [-0.15, -0.1) is 10.2 Å². The van der Waals surface area contributed by atoms with Gasteiger partial charge in [-0.25, -0.2) is 4.68 Å². The van der Waals surface area contributed by atoms with Crippen LogP contribution in [0.25, 0.3) is 0 Å². The summed E-state index contributed by atoms with van der Waals surface area (Å²) in [6.45, 7) is 0.588. The molecule has 0 atom stereocenters. The molecule has 2 aliphatic rings. The zero-order chi connectivity index (χ0) is 19.6. The molecule has 0 unspecified atom stereocenters. The molecule has 2 saturated carbocycles. The van der Waals surface area contributed by atoms with Crippen LogP contribution in [-0.4, -0.2) is 36.2 Å². The molecule has 3 heterocycles. The van der Waals surface area contributed by atoms with Gasteiger partial charge >= 0.3 is 0 Å². The van der Waals surface area contributed by atoms with Gasteiger partial charge in [0.05, 0.1) is 30.8 Å². The number of aromatic nitrogens is 5. The van der Waals surface area contributed by atoms with E-state index in [1.165, 1.54) is 24.6 Å². The fourth-order valence-corrected chi connectivity index (χ4v) is 4.66. The van der Waals surface area contributed by atoms with E-state index in [-0.39, 0.29) is 11.7 Å². The summed E-state index contributed by atoms with van der Waals surface area (Å²) in [5.41, 5.74) is 0. The third kappa shape index (κ3) is 4.10. The molecular formula is C20H24N6O2S. The van der Waals surface area contributed by atoms with Gasteiger partial charge in [0.2, 0.25) is 5.91 Å². The van der Waals surface area contributed by atoms with E-state index in [4.69, 9.17) is 4.42 Å². The largest absolute Gasteiger partial charge is 0.467 e. The number of amides is 1. The molecule has 3 aromatic heterocycles. The molecule has 152 valence electrons. The topological polar surface area (TPSA) is 90.8 Å². The van der Waals surface area contributed by atoms with Crippen molar-refractivity contribution >= 4 is 23.5 Å². The minimum Gasteiger partial charge on any atom is -0.467 e. The van der Waals surface area contributed by atoms with E-state index in [1.807, 2.05) is 22.9 Å². The monoisotopic (exact) mass is 412 g/mol. The minimum atomic E-state index is -0.0599. The number of hydrogen-bond donors (Lipinski definition) is 1. The molecule has 9 heteroatoms. The molecule has 0 spiro atoms. The second-order valence-corrected chi connectivity index (χ2v) is 8.66. The first-order valence-electron chi connectivity index (χ1n) is 10.2. The molecule has 2 fully saturated rings. The van der Waals surface area contributed by atoms with E-state index in [0.29, 0.717) is 18.5 Å². The highest BCUT2D eigenvalue weighted by atomic mass is 32.2. The molecular weight excluding hydrogens is 388 g/mol. The molecule has 3 aromatic rings. The highest BCUT2D eigenvalue weighted by Crippen LogP contribution is 2.40. The predicted octanol–water partition coefficient (Wildman–Crippen LogP) is 3.84. The summed E-state index contributed by atoms with van der Waals surface area (Å²) in [5, 5.41) is 16.9. The molecule has 8 nitrogen and oxygen atoms in total. The van der Waals surface area contributed by atoms with E-state index in [2.05, 4.69) is 25.2 Å². The van der Waals surface area contributed by atoms with Crippen molar-refractivity contribution in [1.82, 2.24) is 24.5 Å². The maximum absolute atomic E-state index is 12.6. The van der Waals surface area contributed by atoms with Crippen LogP contribution in [0.2, 0.25) is 0 Å². The smallest absolute Gasteiger partial charge is 0.235 e. The van der Waals surface area contributed by atoms with Crippen molar-refractivity contribution in [2.45, 2.75) is 62.2 Å². The number of carbonyl (C=O) groups excluding carboxylic acids is 1. The third-order valence-electron chi connectivity index (χ3n) is 5.52. The zero-order valence-electron chi connectivity index (χ0n) is 16.2. The Balaban J connectivity index is 1.24. The first-order chi connectivity index (χ1) is 14.3. The number of nitrogens with one attached hydrogen (secondary N) is 1. The Morgan fingerprint density at radius 1 is 1.21 bits per heavy atom. The van der Waals surface area contributed by atoms with Gasteiger partial charge in [-0.3, -0.25) is 9.36 Å². The first kappa shape index (κ1) is 18.5. The van der Waals surface area contributed by atoms with Crippen molar-refractivity contribution in [3.63, 3.8) is 0 Å². The van der Waals surface area contributed by atoms with Crippen LogP contribution in [0.4, 0.5) is 5.82 Å². The molecule has 0 bridgehead atoms. The second-order valence-electron chi connectivity index (χ2n) is 7.72. The van der Waals surface area contributed by atoms with Gasteiger partial charge in [0.1, 0.15) is 17.4 Å². The van der Waals surface area contributed by atoms with Crippen LogP contribution in [0, 0.1) is 0 Å². The van der Waals surface area contributed by atoms with E-state index in [9.17, 15) is 4.79 Å². The molecule has 1 N–H and O–H groups in total. The summed E-state index contributed by atoms with van der Waals surface area (Å²) in [6.07, 6.45) is 10.4. The molecule has 0 aliphatic heterocycles. The predicted molar refractivity (Wildman–Crippen MR) is 109 cm³/mol. The summed E-state index contributed by atoms with van der Waals surface area (Å²) in [4.78, 5) is 12.6. The van der Waals surface area contributed by atoms with E-state index >= 15 is 0 Å². The fraction of sp³-hybridized carbons (Fsp3) is 0.500. The normalized spacial score (nSPS) is 17.1. The van der Waals surface area contributed by atoms with E-state index < -0.39 is 0 Å². The van der Waals surface area contributed by atoms with Gasteiger partial charge in [0.15, 0.2) is 5.16 Å². The lowest BCUT2D eigenvalue weighted by molar-refractivity contribution is -0.113. The van der Waals surface area contributed by atoms with Crippen molar-refractivity contribution in [1.29, 1.82) is 0 Å². The first-order valence-corrected chi connectivity index (χ1v) is 11.2. The number of anilines is 1. The Bertz CT molecular complexity index is 969. The molecule has 0 radical (unpaired) electrons. The number of furan rings is 1. The quantitative estimate of drug-likeness (QED) is 0.565. The highest BCUT2D eigenvalue weighted by molar-refractivity contribution is 7.99. The van der Waals surface area contributed by atoms with Gasteiger partial charge < -0.3 is 9.73 Å². The average molecular weight is 413 g/mol. The summed E-state index contributed by atoms with van der Waals surface area (Å²) >= 11 is 1.41.